The monoisotopic (exact) mass is 641 g/mol. The van der Waals surface area contributed by atoms with Gasteiger partial charge < -0.3 is 19.1 Å². The van der Waals surface area contributed by atoms with Gasteiger partial charge >= 0.3 is 5.97 Å². The van der Waals surface area contributed by atoms with Crippen molar-refractivity contribution in [1.29, 1.82) is 0 Å². The van der Waals surface area contributed by atoms with Crippen LogP contribution in [0.5, 0.6) is 11.5 Å². The summed E-state index contributed by atoms with van der Waals surface area (Å²) in [7, 11) is 1.51. The first kappa shape index (κ1) is 31.0. The molecular weight excluding hydrogens is 609 g/mol. The number of methoxy groups -OCH3 is 1. The van der Waals surface area contributed by atoms with Crippen LogP contribution in [-0.4, -0.2) is 54.8 Å². The van der Waals surface area contributed by atoms with Crippen LogP contribution >= 0.6 is 11.3 Å². The van der Waals surface area contributed by atoms with Gasteiger partial charge in [0.05, 0.1) is 35.6 Å². The molecule has 0 unspecified atom stereocenters. The average Bonchev–Trinajstić information content (AvgIpc) is 3.72. The lowest BCUT2D eigenvalue weighted by molar-refractivity contribution is -0.139. The third-order valence-corrected chi connectivity index (χ3v) is 8.84. The number of esters is 1. The van der Waals surface area contributed by atoms with Gasteiger partial charge in [-0.1, -0.05) is 59.9 Å². The number of hydrogen-bond donors (Lipinski definition) is 0. The first-order valence-corrected chi connectivity index (χ1v) is 15.8. The number of rotatable bonds is 9. The van der Waals surface area contributed by atoms with Gasteiger partial charge in [-0.15, -0.1) is 0 Å². The maximum atomic E-state index is 14.1. The number of benzene rings is 3. The zero-order valence-corrected chi connectivity index (χ0v) is 26.2. The highest BCUT2D eigenvalue weighted by molar-refractivity contribution is 7.07. The summed E-state index contributed by atoms with van der Waals surface area (Å²) >= 11 is 1.18. The molecule has 1 saturated heterocycles. The molecule has 0 N–H and O–H groups in total. The number of aromatic nitrogens is 1. The Hall–Kier alpha value is -5.03. The molecule has 1 amide bonds. The van der Waals surface area contributed by atoms with E-state index in [0.29, 0.717) is 43.2 Å². The van der Waals surface area contributed by atoms with Crippen molar-refractivity contribution in [2.45, 2.75) is 25.8 Å². The van der Waals surface area contributed by atoms with Crippen molar-refractivity contribution in [2.75, 3.05) is 33.4 Å². The second-order valence-corrected chi connectivity index (χ2v) is 11.8. The second kappa shape index (κ2) is 13.5. The molecule has 3 heterocycles. The summed E-state index contributed by atoms with van der Waals surface area (Å²) in [6, 6.07) is 19.2. The Morgan fingerprint density at radius 2 is 1.76 bits per heavy atom. The van der Waals surface area contributed by atoms with Gasteiger partial charge in [-0.2, -0.15) is 0 Å². The quantitative estimate of drug-likeness (QED) is 0.256. The van der Waals surface area contributed by atoms with Crippen molar-refractivity contribution in [2.24, 2.45) is 4.99 Å². The van der Waals surface area contributed by atoms with E-state index in [4.69, 9.17) is 19.2 Å². The van der Waals surface area contributed by atoms with E-state index < -0.39 is 17.8 Å². The molecule has 2 aliphatic rings. The molecule has 1 atom stereocenters. The van der Waals surface area contributed by atoms with Gasteiger partial charge in [0.25, 0.3) is 11.5 Å². The molecular formula is C35H32FN3O6S. The van der Waals surface area contributed by atoms with Crippen LogP contribution in [0.25, 0.3) is 11.8 Å². The van der Waals surface area contributed by atoms with Crippen molar-refractivity contribution < 1.29 is 28.2 Å². The standard InChI is InChI=1S/C35H32FN3O6S/c1-3-44-34(42)30-31(23-9-5-4-6-10-23)37-35-39(32(30)24-12-14-25(36)15-13-24)33(41)28(46-35)20-22-11-16-26(27(19-22)43-2)45-21-29(40)38-17-7-8-18-38/h4-6,9-16,19-20,32H,3,7-8,17-18,21H2,1-2H3/b28-20+/t32-/m1/s1. The van der Waals surface area contributed by atoms with Gasteiger partial charge in [-0.05, 0) is 61.2 Å². The first-order valence-electron chi connectivity index (χ1n) is 15.0. The van der Waals surface area contributed by atoms with Crippen LogP contribution in [0, 0.1) is 5.82 Å². The zero-order chi connectivity index (χ0) is 32.2. The summed E-state index contributed by atoms with van der Waals surface area (Å²) in [5.74, 6) is -0.301. The van der Waals surface area contributed by atoms with Crippen LogP contribution in [0.3, 0.4) is 0 Å². The zero-order valence-electron chi connectivity index (χ0n) is 25.4. The van der Waals surface area contributed by atoms with E-state index in [2.05, 4.69) is 0 Å². The molecule has 0 bridgehead atoms. The summed E-state index contributed by atoms with van der Waals surface area (Å²) in [4.78, 5) is 47.1. The molecule has 0 saturated carbocycles. The van der Waals surface area contributed by atoms with Gasteiger partial charge in [-0.3, -0.25) is 14.2 Å². The largest absolute Gasteiger partial charge is 0.493 e. The summed E-state index contributed by atoms with van der Waals surface area (Å²) in [5.41, 5.74) is 2.07. The predicted octanol–water partition coefficient (Wildman–Crippen LogP) is 4.08. The highest BCUT2D eigenvalue weighted by atomic mass is 32.1. The maximum Gasteiger partial charge on any atom is 0.338 e. The molecule has 11 heteroatoms. The number of ether oxygens (including phenoxy) is 3. The topological polar surface area (TPSA) is 99.4 Å². The average molecular weight is 642 g/mol. The Bertz CT molecular complexity index is 1980. The molecule has 0 radical (unpaired) electrons. The van der Waals surface area contributed by atoms with E-state index in [0.717, 1.165) is 25.9 Å². The Labute approximate surface area is 268 Å². The lowest BCUT2D eigenvalue weighted by atomic mass is 9.93. The molecule has 4 aromatic rings. The summed E-state index contributed by atoms with van der Waals surface area (Å²) in [5, 5.41) is 0. The number of thiazole rings is 1. The van der Waals surface area contributed by atoms with E-state index in [1.165, 1.54) is 35.1 Å². The summed E-state index contributed by atoms with van der Waals surface area (Å²) in [6.45, 7) is 3.22. The maximum absolute atomic E-state index is 14.1. The van der Waals surface area contributed by atoms with Crippen molar-refractivity contribution in [3.63, 3.8) is 0 Å². The third-order valence-electron chi connectivity index (χ3n) is 7.85. The molecule has 6 rings (SSSR count). The smallest absolute Gasteiger partial charge is 0.338 e. The fraction of sp³-hybridized carbons (Fsp3) is 0.257. The van der Waals surface area contributed by atoms with E-state index in [9.17, 15) is 18.8 Å². The molecule has 1 fully saturated rings. The highest BCUT2D eigenvalue weighted by Gasteiger charge is 2.35. The van der Waals surface area contributed by atoms with Crippen LogP contribution in [0.4, 0.5) is 4.39 Å². The van der Waals surface area contributed by atoms with Crippen LogP contribution < -0.4 is 24.4 Å². The van der Waals surface area contributed by atoms with Crippen LogP contribution in [0.1, 0.15) is 42.5 Å². The van der Waals surface area contributed by atoms with E-state index in [1.54, 1.807) is 48.2 Å². The number of likely N-dealkylation sites (tertiary alicyclic amines) is 1. The normalized spacial score (nSPS) is 16.2. The molecule has 0 spiro atoms. The van der Waals surface area contributed by atoms with Gasteiger partial charge in [0.15, 0.2) is 22.9 Å². The molecule has 3 aromatic carbocycles. The van der Waals surface area contributed by atoms with E-state index in [1.807, 2.05) is 30.3 Å². The predicted molar refractivity (Wildman–Crippen MR) is 172 cm³/mol. The number of carbonyl (C=O) groups is 2. The summed E-state index contributed by atoms with van der Waals surface area (Å²) < 4.78 is 32.6. The Morgan fingerprint density at radius 3 is 2.46 bits per heavy atom. The molecule has 1 aromatic heterocycles. The molecule has 9 nitrogen and oxygen atoms in total. The Balaban J connectivity index is 1.44. The van der Waals surface area contributed by atoms with Crippen molar-refractivity contribution in [1.82, 2.24) is 9.47 Å². The number of hydrogen-bond acceptors (Lipinski definition) is 8. The fourth-order valence-corrected chi connectivity index (χ4v) is 6.64. The van der Waals surface area contributed by atoms with Gasteiger partial charge in [0, 0.05) is 18.7 Å². The van der Waals surface area contributed by atoms with Crippen LogP contribution in [0.2, 0.25) is 0 Å². The van der Waals surface area contributed by atoms with E-state index in [-0.39, 0.29) is 30.3 Å². The summed E-state index contributed by atoms with van der Waals surface area (Å²) in [6.07, 6.45) is 3.71. The third kappa shape index (κ3) is 6.23. The van der Waals surface area contributed by atoms with Gasteiger partial charge in [0.2, 0.25) is 0 Å². The lowest BCUT2D eigenvalue weighted by Gasteiger charge is -2.25. The van der Waals surface area contributed by atoms with E-state index >= 15 is 0 Å². The molecule has 0 aliphatic carbocycles. The fourth-order valence-electron chi connectivity index (χ4n) is 5.64. The van der Waals surface area contributed by atoms with Gasteiger partial charge in [-0.25, -0.2) is 14.2 Å². The number of fused-ring (bicyclic) bond motifs is 1. The highest BCUT2D eigenvalue weighted by Crippen LogP contribution is 2.35. The molecule has 236 valence electrons. The SMILES string of the molecule is CCOC(=O)C1=C(c2ccccc2)N=c2s/c(=C/c3ccc(OCC(=O)N4CCCC4)c(OC)c3)c(=O)n2[C@@H]1c1ccc(F)cc1. The number of amides is 1. The minimum Gasteiger partial charge on any atom is -0.493 e. The lowest BCUT2D eigenvalue weighted by Crippen LogP contribution is -2.40. The van der Waals surface area contributed by atoms with Gasteiger partial charge in [0.1, 0.15) is 5.82 Å². The Kier molecular flexibility index (Phi) is 9.11. The molecule has 46 heavy (non-hydrogen) atoms. The van der Waals surface area contributed by atoms with Crippen molar-refractivity contribution in [3.05, 3.63) is 121 Å². The number of carbonyl (C=O) groups excluding carboxylic acids is 2. The number of halogens is 1. The van der Waals surface area contributed by atoms with Crippen molar-refractivity contribution in [3.8, 4) is 11.5 Å². The second-order valence-electron chi connectivity index (χ2n) is 10.8. The van der Waals surface area contributed by atoms with Crippen molar-refractivity contribution >= 4 is 35.0 Å². The van der Waals surface area contributed by atoms with Crippen LogP contribution in [0.15, 0.2) is 88.2 Å². The minimum absolute atomic E-state index is 0.0718. The Morgan fingerprint density at radius 1 is 1.02 bits per heavy atom. The minimum atomic E-state index is -0.910. The first-order chi connectivity index (χ1) is 22.4. The van der Waals surface area contributed by atoms with Crippen LogP contribution in [-0.2, 0) is 14.3 Å². The number of nitrogens with zero attached hydrogens (tertiary/aromatic N) is 3. The molecule has 2 aliphatic heterocycles.